The van der Waals surface area contributed by atoms with Gasteiger partial charge in [-0.1, -0.05) is 40.5 Å². The van der Waals surface area contributed by atoms with Crippen molar-refractivity contribution in [2.45, 2.75) is 91.9 Å². The molecule has 26 heavy (non-hydrogen) atoms. The van der Waals surface area contributed by atoms with E-state index >= 15 is 0 Å². The van der Waals surface area contributed by atoms with Crippen LogP contribution in [-0.2, 0) is 0 Å². The first kappa shape index (κ1) is 25.6. The van der Waals surface area contributed by atoms with Crippen LogP contribution in [0.4, 0.5) is 0 Å². The summed E-state index contributed by atoms with van der Waals surface area (Å²) in [7, 11) is 0. The van der Waals surface area contributed by atoms with Gasteiger partial charge in [0.15, 0.2) is 5.11 Å². The molecule has 156 valence electrons. The summed E-state index contributed by atoms with van der Waals surface area (Å²) in [5.41, 5.74) is 0.652. The topological polar surface area (TPSA) is 64.5 Å². The molecule has 0 radical (unpaired) electrons. The van der Waals surface area contributed by atoms with Gasteiger partial charge in [-0.25, -0.2) is 0 Å². The predicted octanol–water partition coefficient (Wildman–Crippen LogP) is 4.39. The van der Waals surface area contributed by atoms with E-state index in [0.717, 1.165) is 56.7 Å². The molecule has 0 fully saturated rings. The van der Waals surface area contributed by atoms with Gasteiger partial charge < -0.3 is 20.8 Å². The first-order valence-corrected chi connectivity index (χ1v) is 10.9. The van der Waals surface area contributed by atoms with Crippen LogP contribution in [0.1, 0.15) is 91.9 Å². The third-order valence-electron chi connectivity index (χ3n) is 5.16. The summed E-state index contributed by atoms with van der Waals surface area (Å²) < 4.78 is 0. The number of nitrogens with one attached hydrogen (secondary N) is 2. The van der Waals surface area contributed by atoms with E-state index < -0.39 is 0 Å². The highest BCUT2D eigenvalue weighted by molar-refractivity contribution is 7.80. The van der Waals surface area contributed by atoms with Crippen LogP contribution in [0, 0.1) is 10.8 Å². The van der Waals surface area contributed by atoms with E-state index in [9.17, 15) is 0 Å². The molecule has 0 spiro atoms. The van der Waals surface area contributed by atoms with E-state index in [2.05, 4.69) is 38.3 Å². The van der Waals surface area contributed by atoms with Crippen molar-refractivity contribution in [1.82, 2.24) is 10.6 Å². The summed E-state index contributed by atoms with van der Waals surface area (Å²) in [6.07, 6.45) is 11.0. The SMILES string of the molecule is CC(C)(CCCO)CCCCNC(=S)NCCCCC(C)(C)CCCO. The lowest BCUT2D eigenvalue weighted by Crippen LogP contribution is -2.36. The van der Waals surface area contributed by atoms with E-state index in [0.29, 0.717) is 24.0 Å². The molecular formula is C21H44N2O2S. The first-order chi connectivity index (χ1) is 12.2. The molecule has 0 heterocycles. The Balaban J connectivity index is 3.58. The van der Waals surface area contributed by atoms with E-state index in [4.69, 9.17) is 22.4 Å². The molecule has 0 amide bonds. The number of hydrogen-bond donors (Lipinski definition) is 4. The number of aliphatic hydroxyl groups excluding tert-OH is 2. The minimum atomic E-state index is 0.297. The highest BCUT2D eigenvalue weighted by atomic mass is 32.1. The van der Waals surface area contributed by atoms with Crippen LogP contribution in [0.15, 0.2) is 0 Å². The van der Waals surface area contributed by atoms with Crippen molar-refractivity contribution in [3.05, 3.63) is 0 Å². The summed E-state index contributed by atoms with van der Waals surface area (Å²) in [5, 5.41) is 25.2. The Kier molecular flexibility index (Phi) is 14.4. The Morgan fingerprint density at radius 2 is 1.00 bits per heavy atom. The molecule has 5 heteroatoms. The fraction of sp³-hybridized carbons (Fsp3) is 0.952. The smallest absolute Gasteiger partial charge is 0.166 e. The number of unbranched alkanes of at least 4 members (excludes halogenated alkanes) is 2. The fourth-order valence-corrected chi connectivity index (χ4v) is 3.49. The van der Waals surface area contributed by atoms with Gasteiger partial charge in [0.25, 0.3) is 0 Å². The Morgan fingerprint density at radius 1 is 0.654 bits per heavy atom. The first-order valence-electron chi connectivity index (χ1n) is 10.5. The summed E-state index contributed by atoms with van der Waals surface area (Å²) in [6, 6.07) is 0. The summed E-state index contributed by atoms with van der Waals surface area (Å²) in [4.78, 5) is 0. The van der Waals surface area contributed by atoms with Crippen molar-refractivity contribution in [3.8, 4) is 0 Å². The minimum absolute atomic E-state index is 0.297. The molecule has 0 atom stereocenters. The van der Waals surface area contributed by atoms with Crippen LogP contribution < -0.4 is 10.6 Å². The van der Waals surface area contributed by atoms with E-state index in [-0.39, 0.29) is 0 Å². The number of aliphatic hydroxyl groups is 2. The van der Waals surface area contributed by atoms with Crippen LogP contribution >= 0.6 is 12.2 Å². The minimum Gasteiger partial charge on any atom is -0.396 e. The lowest BCUT2D eigenvalue weighted by atomic mass is 9.83. The quantitative estimate of drug-likeness (QED) is 0.233. The number of thiocarbonyl (C=S) groups is 1. The summed E-state index contributed by atoms with van der Waals surface area (Å²) in [6.45, 7) is 11.6. The third kappa shape index (κ3) is 15.8. The van der Waals surface area contributed by atoms with Crippen molar-refractivity contribution in [3.63, 3.8) is 0 Å². The molecule has 0 rings (SSSR count). The molecule has 0 aliphatic rings. The monoisotopic (exact) mass is 388 g/mol. The highest BCUT2D eigenvalue weighted by Gasteiger charge is 2.17. The molecule has 4 nitrogen and oxygen atoms in total. The normalized spacial score (nSPS) is 12.2. The maximum absolute atomic E-state index is 8.94. The second-order valence-electron chi connectivity index (χ2n) is 9.08. The van der Waals surface area contributed by atoms with Gasteiger partial charge in [-0.2, -0.15) is 0 Å². The fourth-order valence-electron chi connectivity index (χ4n) is 3.29. The zero-order chi connectivity index (χ0) is 19.9. The summed E-state index contributed by atoms with van der Waals surface area (Å²) in [5.74, 6) is 0. The second-order valence-corrected chi connectivity index (χ2v) is 9.49. The van der Waals surface area contributed by atoms with Crippen molar-refractivity contribution in [2.24, 2.45) is 10.8 Å². The Bertz CT molecular complexity index is 328. The van der Waals surface area contributed by atoms with Crippen LogP contribution in [0.3, 0.4) is 0 Å². The van der Waals surface area contributed by atoms with E-state index in [1.807, 2.05) is 0 Å². The standard InChI is InChI=1S/C21H44N2O2S/c1-20(2,13-9-17-24)11-5-7-15-22-19(26)23-16-8-6-12-21(3,4)14-10-18-25/h24-25H,5-18H2,1-4H3,(H2,22,23,26). The van der Waals surface area contributed by atoms with E-state index in [1.54, 1.807) is 0 Å². The number of hydrogen-bond acceptors (Lipinski definition) is 3. The van der Waals surface area contributed by atoms with Crippen LogP contribution in [0.5, 0.6) is 0 Å². The van der Waals surface area contributed by atoms with Gasteiger partial charge in [0.1, 0.15) is 0 Å². The lowest BCUT2D eigenvalue weighted by molar-refractivity contribution is 0.228. The van der Waals surface area contributed by atoms with Crippen LogP contribution in [-0.4, -0.2) is 41.6 Å². The van der Waals surface area contributed by atoms with Gasteiger partial charge >= 0.3 is 0 Å². The molecule has 0 saturated carbocycles. The van der Waals surface area contributed by atoms with Gasteiger partial charge in [0.2, 0.25) is 0 Å². The van der Waals surface area contributed by atoms with Crippen LogP contribution in [0.2, 0.25) is 0 Å². The zero-order valence-corrected chi connectivity index (χ0v) is 18.5. The predicted molar refractivity (Wildman–Crippen MR) is 117 cm³/mol. The van der Waals surface area contributed by atoms with Gasteiger partial charge in [0.05, 0.1) is 0 Å². The molecule has 0 saturated heterocycles. The molecule has 0 aliphatic carbocycles. The molecule has 0 aromatic carbocycles. The van der Waals surface area contributed by atoms with Crippen LogP contribution in [0.25, 0.3) is 0 Å². The van der Waals surface area contributed by atoms with Gasteiger partial charge in [0, 0.05) is 26.3 Å². The molecular weight excluding hydrogens is 344 g/mol. The second kappa shape index (κ2) is 14.6. The largest absolute Gasteiger partial charge is 0.396 e. The highest BCUT2D eigenvalue weighted by Crippen LogP contribution is 2.29. The van der Waals surface area contributed by atoms with E-state index in [1.165, 1.54) is 25.7 Å². The Hall–Kier alpha value is -0.390. The van der Waals surface area contributed by atoms with Crippen molar-refractivity contribution in [1.29, 1.82) is 0 Å². The molecule has 0 aliphatic heterocycles. The van der Waals surface area contributed by atoms with Crippen molar-refractivity contribution >= 4 is 17.3 Å². The molecule has 0 bridgehead atoms. The third-order valence-corrected chi connectivity index (χ3v) is 5.44. The average Bonchev–Trinajstić information content (AvgIpc) is 2.57. The lowest BCUT2D eigenvalue weighted by Gasteiger charge is -2.24. The molecule has 4 N–H and O–H groups in total. The maximum Gasteiger partial charge on any atom is 0.166 e. The Labute approximate surface area is 167 Å². The molecule has 0 unspecified atom stereocenters. The van der Waals surface area contributed by atoms with Crippen molar-refractivity contribution in [2.75, 3.05) is 26.3 Å². The maximum atomic E-state index is 8.94. The Morgan fingerprint density at radius 3 is 1.35 bits per heavy atom. The van der Waals surface area contributed by atoms with Gasteiger partial charge in [-0.3, -0.25) is 0 Å². The van der Waals surface area contributed by atoms with Crippen molar-refractivity contribution < 1.29 is 10.2 Å². The zero-order valence-electron chi connectivity index (χ0n) is 17.7. The molecule has 0 aromatic rings. The average molecular weight is 389 g/mol. The van der Waals surface area contributed by atoms with Gasteiger partial charge in [-0.05, 0) is 74.4 Å². The summed E-state index contributed by atoms with van der Waals surface area (Å²) >= 11 is 5.34. The number of rotatable bonds is 16. The van der Waals surface area contributed by atoms with Gasteiger partial charge in [-0.15, -0.1) is 0 Å². The molecule has 0 aromatic heterocycles.